The van der Waals surface area contributed by atoms with E-state index in [0.717, 1.165) is 37.9 Å². The van der Waals surface area contributed by atoms with Crippen LogP contribution in [0.2, 0.25) is 0 Å². The molecule has 0 radical (unpaired) electrons. The molecule has 1 aliphatic carbocycles. The van der Waals surface area contributed by atoms with Crippen LogP contribution in [0, 0.1) is 5.92 Å². The highest BCUT2D eigenvalue weighted by Gasteiger charge is 2.31. The molecule has 3 rings (SSSR count). The molecule has 140 valence electrons. The van der Waals surface area contributed by atoms with Gasteiger partial charge in [-0.2, -0.15) is 0 Å². The Morgan fingerprint density at radius 1 is 1.24 bits per heavy atom. The first kappa shape index (κ1) is 18.4. The molecular formula is C17H28N4O3S. The average molecular weight is 369 g/mol. The quantitative estimate of drug-likeness (QED) is 0.816. The lowest BCUT2D eigenvalue weighted by Crippen LogP contribution is -2.40. The Morgan fingerprint density at radius 3 is 2.60 bits per heavy atom. The number of aromatic nitrogens is 2. The molecule has 0 bridgehead atoms. The Labute approximate surface area is 149 Å². The lowest BCUT2D eigenvalue weighted by atomic mass is 9.89. The van der Waals surface area contributed by atoms with Crippen LogP contribution in [0.1, 0.15) is 50.6 Å². The number of nitrogens with two attached hydrogens (primary N) is 1. The van der Waals surface area contributed by atoms with Crippen molar-refractivity contribution in [3.8, 4) is 0 Å². The molecule has 1 amide bonds. The smallest absolute Gasteiger partial charge is 0.234 e. The zero-order valence-corrected chi connectivity index (χ0v) is 15.7. The van der Waals surface area contributed by atoms with Crippen molar-refractivity contribution in [1.29, 1.82) is 0 Å². The van der Waals surface area contributed by atoms with Crippen LogP contribution in [-0.4, -0.2) is 47.6 Å². The normalized spacial score (nSPS) is 23.2. The lowest BCUT2D eigenvalue weighted by Gasteiger charge is -2.26. The molecule has 1 aliphatic heterocycles. The number of rotatable bonds is 6. The number of hydrogen-bond acceptors (Lipinski definition) is 5. The topological polar surface area (TPSA) is 98.3 Å². The van der Waals surface area contributed by atoms with Crippen molar-refractivity contribution in [3.63, 3.8) is 0 Å². The number of carbonyl (C=O) groups is 1. The fourth-order valence-corrected chi connectivity index (χ4v) is 5.02. The second-order valence-electron chi connectivity index (χ2n) is 7.45. The molecule has 0 unspecified atom stereocenters. The lowest BCUT2D eigenvalue weighted by molar-refractivity contribution is -0.122. The number of sulfone groups is 1. The minimum absolute atomic E-state index is 0.142. The van der Waals surface area contributed by atoms with Crippen LogP contribution in [0.5, 0.6) is 0 Å². The zero-order chi connectivity index (χ0) is 18.0. The number of likely N-dealkylation sites (tertiary alicyclic amines) is 1. The molecule has 0 aromatic carbocycles. The van der Waals surface area contributed by atoms with Gasteiger partial charge >= 0.3 is 0 Å². The van der Waals surface area contributed by atoms with Gasteiger partial charge in [0.2, 0.25) is 20.9 Å². The van der Waals surface area contributed by atoms with Crippen molar-refractivity contribution >= 4 is 15.7 Å². The maximum Gasteiger partial charge on any atom is 0.234 e. The van der Waals surface area contributed by atoms with E-state index in [1.807, 2.05) is 9.47 Å². The van der Waals surface area contributed by atoms with Gasteiger partial charge in [-0.15, -0.1) is 0 Å². The summed E-state index contributed by atoms with van der Waals surface area (Å²) in [5.41, 5.74) is 6.37. The highest BCUT2D eigenvalue weighted by molar-refractivity contribution is 7.90. The Morgan fingerprint density at radius 2 is 1.96 bits per heavy atom. The number of imidazole rings is 1. The van der Waals surface area contributed by atoms with Crippen LogP contribution < -0.4 is 5.73 Å². The summed E-state index contributed by atoms with van der Waals surface area (Å²) in [4.78, 5) is 17.9. The molecule has 7 nitrogen and oxygen atoms in total. The van der Waals surface area contributed by atoms with Gasteiger partial charge < -0.3 is 10.3 Å². The number of amides is 1. The number of hydrogen-bond donors (Lipinski definition) is 1. The molecule has 1 aromatic rings. The summed E-state index contributed by atoms with van der Waals surface area (Å²) in [6.07, 6.45) is 10.5. The minimum Gasteiger partial charge on any atom is -0.368 e. The first-order valence-corrected chi connectivity index (χ1v) is 11.0. The summed E-state index contributed by atoms with van der Waals surface area (Å²) >= 11 is 0. The fraction of sp³-hybridized carbons (Fsp3) is 0.765. The Bertz CT molecular complexity index is 722. The SMILES string of the molecule is CS(=O)(=O)c1ncc(CN2CCC[C@H]2C(N)=O)n1CC1CCCCC1. The molecular weight excluding hydrogens is 340 g/mol. The molecule has 1 aromatic heterocycles. The third-order valence-corrected chi connectivity index (χ3v) is 6.45. The monoisotopic (exact) mass is 368 g/mol. The average Bonchev–Trinajstić information content (AvgIpc) is 3.16. The molecule has 1 saturated heterocycles. The predicted octanol–water partition coefficient (Wildman–Crippen LogP) is 1.32. The van der Waals surface area contributed by atoms with Crippen LogP contribution in [0.3, 0.4) is 0 Å². The molecule has 2 aliphatic rings. The third-order valence-electron chi connectivity index (χ3n) is 5.46. The van der Waals surface area contributed by atoms with Crippen molar-refractivity contribution in [1.82, 2.24) is 14.5 Å². The molecule has 25 heavy (non-hydrogen) atoms. The highest BCUT2D eigenvalue weighted by atomic mass is 32.2. The Balaban J connectivity index is 1.85. The van der Waals surface area contributed by atoms with Crippen LogP contribution in [0.25, 0.3) is 0 Å². The first-order valence-electron chi connectivity index (χ1n) is 9.14. The number of primary amides is 1. The molecule has 2 fully saturated rings. The summed E-state index contributed by atoms with van der Waals surface area (Å²) in [5.74, 6) is 0.187. The number of carbonyl (C=O) groups excluding carboxylic acids is 1. The van der Waals surface area contributed by atoms with E-state index >= 15 is 0 Å². The van der Waals surface area contributed by atoms with E-state index in [0.29, 0.717) is 19.0 Å². The van der Waals surface area contributed by atoms with Crippen molar-refractivity contribution < 1.29 is 13.2 Å². The van der Waals surface area contributed by atoms with E-state index in [1.54, 1.807) is 6.20 Å². The van der Waals surface area contributed by atoms with Gasteiger partial charge in [0, 0.05) is 19.3 Å². The molecule has 2 heterocycles. The minimum atomic E-state index is -3.39. The van der Waals surface area contributed by atoms with Gasteiger partial charge in [-0.1, -0.05) is 19.3 Å². The van der Waals surface area contributed by atoms with E-state index in [-0.39, 0.29) is 17.1 Å². The standard InChI is InChI=1S/C17H28N4O3S/c1-25(23,24)17-19-10-14(12-20-9-5-8-15(20)16(18)22)21(17)11-13-6-3-2-4-7-13/h10,13,15H,2-9,11-12H2,1H3,(H2,18,22)/t15-/m0/s1. The van der Waals surface area contributed by atoms with Gasteiger partial charge in [0.1, 0.15) is 0 Å². The third kappa shape index (κ3) is 4.23. The summed E-state index contributed by atoms with van der Waals surface area (Å²) in [7, 11) is -3.39. The summed E-state index contributed by atoms with van der Waals surface area (Å²) in [5, 5.41) is 0.142. The van der Waals surface area contributed by atoms with E-state index in [1.165, 1.54) is 25.5 Å². The second-order valence-corrected chi connectivity index (χ2v) is 9.36. The van der Waals surface area contributed by atoms with Gasteiger partial charge in [-0.25, -0.2) is 13.4 Å². The van der Waals surface area contributed by atoms with Crippen LogP contribution in [-0.2, 0) is 27.7 Å². The van der Waals surface area contributed by atoms with E-state index in [9.17, 15) is 13.2 Å². The van der Waals surface area contributed by atoms with E-state index in [4.69, 9.17) is 5.73 Å². The van der Waals surface area contributed by atoms with Crippen LogP contribution in [0.4, 0.5) is 0 Å². The van der Waals surface area contributed by atoms with Crippen LogP contribution in [0.15, 0.2) is 11.4 Å². The summed E-state index contributed by atoms with van der Waals surface area (Å²) < 4.78 is 26.2. The number of nitrogens with zero attached hydrogens (tertiary/aromatic N) is 3. The van der Waals surface area contributed by atoms with Gasteiger partial charge in [-0.3, -0.25) is 9.69 Å². The van der Waals surface area contributed by atoms with Crippen molar-refractivity contribution in [3.05, 3.63) is 11.9 Å². The largest absolute Gasteiger partial charge is 0.368 e. The zero-order valence-electron chi connectivity index (χ0n) is 14.9. The fourth-order valence-electron chi connectivity index (χ4n) is 4.18. The summed E-state index contributed by atoms with van der Waals surface area (Å²) in [6.45, 7) is 2.01. The van der Waals surface area contributed by atoms with Gasteiger partial charge in [0.25, 0.3) is 0 Å². The van der Waals surface area contributed by atoms with Gasteiger partial charge in [0.05, 0.1) is 17.9 Å². The molecule has 1 saturated carbocycles. The van der Waals surface area contributed by atoms with Crippen molar-refractivity contribution in [2.45, 2.75) is 69.2 Å². The van der Waals surface area contributed by atoms with Crippen molar-refractivity contribution in [2.24, 2.45) is 11.7 Å². The predicted molar refractivity (Wildman–Crippen MR) is 94.5 cm³/mol. The Kier molecular flexibility index (Phi) is 5.48. The van der Waals surface area contributed by atoms with Gasteiger partial charge in [0.15, 0.2) is 0 Å². The molecule has 8 heteroatoms. The van der Waals surface area contributed by atoms with Crippen molar-refractivity contribution in [2.75, 3.05) is 12.8 Å². The van der Waals surface area contributed by atoms with E-state index in [2.05, 4.69) is 4.98 Å². The molecule has 2 N–H and O–H groups in total. The molecule has 1 atom stereocenters. The molecule has 0 spiro atoms. The van der Waals surface area contributed by atoms with Crippen LogP contribution >= 0.6 is 0 Å². The highest BCUT2D eigenvalue weighted by Crippen LogP contribution is 2.28. The maximum atomic E-state index is 12.1. The second kappa shape index (κ2) is 7.45. The summed E-state index contributed by atoms with van der Waals surface area (Å²) in [6, 6.07) is -0.264. The maximum absolute atomic E-state index is 12.1. The van der Waals surface area contributed by atoms with E-state index < -0.39 is 9.84 Å². The first-order chi connectivity index (χ1) is 11.9. The Hall–Kier alpha value is -1.41. The van der Waals surface area contributed by atoms with Gasteiger partial charge in [-0.05, 0) is 38.1 Å².